The van der Waals surface area contributed by atoms with Gasteiger partial charge in [-0.25, -0.2) is 0 Å². The van der Waals surface area contributed by atoms with Crippen molar-refractivity contribution in [1.29, 1.82) is 0 Å². The lowest BCUT2D eigenvalue weighted by Gasteiger charge is -2.03. The zero-order chi connectivity index (χ0) is 22.3. The Kier molecular flexibility index (Phi) is 8.63. The third-order valence-electron chi connectivity index (χ3n) is 5.99. The van der Waals surface area contributed by atoms with Crippen LogP contribution in [0.4, 0.5) is 0 Å². The second-order valence-corrected chi connectivity index (χ2v) is 8.05. The number of hydrogen-bond acceptors (Lipinski definition) is 4. The zero-order valence-electron chi connectivity index (χ0n) is 18.9. The molecule has 0 fully saturated rings. The molecule has 2 rings (SSSR count). The number of carbonyl (C=O) groups is 3. The van der Waals surface area contributed by atoms with Crippen LogP contribution in [0.1, 0.15) is 92.5 Å². The second-order valence-electron chi connectivity index (χ2n) is 8.05. The predicted octanol–water partition coefficient (Wildman–Crippen LogP) is 4.92. The lowest BCUT2D eigenvalue weighted by atomic mass is 10.0. The number of carbonyl (C=O) groups excluding carboxylic acids is 3. The third kappa shape index (κ3) is 5.94. The molecule has 2 N–H and O–H groups in total. The van der Waals surface area contributed by atoms with Crippen molar-refractivity contribution < 1.29 is 19.1 Å². The number of amides is 1. The first-order chi connectivity index (χ1) is 14.3. The van der Waals surface area contributed by atoms with Gasteiger partial charge in [-0.05, 0) is 63.3 Å². The Bertz CT molecular complexity index is 874. The van der Waals surface area contributed by atoms with Gasteiger partial charge in [0.15, 0.2) is 5.78 Å². The van der Waals surface area contributed by atoms with Crippen LogP contribution in [-0.4, -0.2) is 29.8 Å². The molecule has 6 nitrogen and oxygen atoms in total. The average Bonchev–Trinajstić information content (AvgIpc) is 3.14. The molecule has 1 aromatic heterocycles. The number of methoxy groups -OCH3 is 1. The maximum atomic E-state index is 12.7. The zero-order valence-corrected chi connectivity index (χ0v) is 18.9. The summed E-state index contributed by atoms with van der Waals surface area (Å²) in [6.07, 6.45) is 8.80. The number of esters is 1. The number of rotatable bonds is 11. The highest BCUT2D eigenvalue weighted by Gasteiger charge is 2.22. The number of ether oxygens (including phenoxy) is 1. The molecule has 0 unspecified atom stereocenters. The number of H-pyrrole nitrogens is 1. The molecular formula is C24H34N2O4. The van der Waals surface area contributed by atoms with Crippen LogP contribution in [0.15, 0.2) is 16.8 Å². The Balaban J connectivity index is 1.84. The molecule has 0 spiro atoms. The van der Waals surface area contributed by atoms with Gasteiger partial charge in [0.05, 0.1) is 12.8 Å². The van der Waals surface area contributed by atoms with E-state index in [0.717, 1.165) is 72.2 Å². The summed E-state index contributed by atoms with van der Waals surface area (Å²) in [4.78, 5) is 38.9. The molecule has 0 aliphatic carbocycles. The second kappa shape index (κ2) is 11.0. The maximum absolute atomic E-state index is 12.7. The highest BCUT2D eigenvalue weighted by molar-refractivity contribution is 6.01. The van der Waals surface area contributed by atoms with Crippen molar-refractivity contribution in [2.45, 2.75) is 79.1 Å². The summed E-state index contributed by atoms with van der Waals surface area (Å²) >= 11 is 0. The van der Waals surface area contributed by atoms with E-state index in [1.54, 1.807) is 0 Å². The molecule has 1 aliphatic rings. The van der Waals surface area contributed by atoms with Crippen molar-refractivity contribution in [1.82, 2.24) is 10.3 Å². The summed E-state index contributed by atoms with van der Waals surface area (Å²) in [7, 11) is 1.41. The summed E-state index contributed by atoms with van der Waals surface area (Å²) in [5, 5.41) is 2.88. The number of aromatic nitrogens is 1. The van der Waals surface area contributed by atoms with Crippen molar-refractivity contribution in [3.8, 4) is 0 Å². The van der Waals surface area contributed by atoms with Crippen LogP contribution in [0.2, 0.25) is 0 Å². The van der Waals surface area contributed by atoms with Crippen molar-refractivity contribution >= 4 is 23.7 Å². The van der Waals surface area contributed by atoms with E-state index in [0.29, 0.717) is 18.5 Å². The lowest BCUT2D eigenvalue weighted by Crippen LogP contribution is -2.15. The van der Waals surface area contributed by atoms with Gasteiger partial charge < -0.3 is 15.0 Å². The van der Waals surface area contributed by atoms with Gasteiger partial charge in [-0.2, -0.15) is 0 Å². The third-order valence-corrected chi connectivity index (χ3v) is 5.99. The lowest BCUT2D eigenvalue weighted by molar-refractivity contribution is -0.140. The first-order valence-corrected chi connectivity index (χ1v) is 10.8. The fourth-order valence-electron chi connectivity index (χ4n) is 3.59. The van der Waals surface area contributed by atoms with Crippen LogP contribution < -0.4 is 5.32 Å². The fraction of sp³-hybridized carbons (Fsp3) is 0.542. The number of Topliss-reactive ketones (excluding diaryl/α,β-unsaturated/α-hetero) is 1. The minimum absolute atomic E-state index is 0.0683. The summed E-state index contributed by atoms with van der Waals surface area (Å²) in [6, 6.07) is 0. The van der Waals surface area contributed by atoms with E-state index in [-0.39, 0.29) is 17.7 Å². The van der Waals surface area contributed by atoms with Crippen LogP contribution in [0.25, 0.3) is 6.08 Å². The smallest absolute Gasteiger partial charge is 0.305 e. The summed E-state index contributed by atoms with van der Waals surface area (Å²) in [6.45, 7) is 7.69. The molecular weight excluding hydrogens is 380 g/mol. The molecule has 164 valence electrons. The Morgan fingerprint density at radius 2 is 1.47 bits per heavy atom. The van der Waals surface area contributed by atoms with Gasteiger partial charge in [-0.3, -0.25) is 14.4 Å². The molecule has 1 amide bonds. The van der Waals surface area contributed by atoms with E-state index in [9.17, 15) is 14.4 Å². The van der Waals surface area contributed by atoms with Crippen LogP contribution in [0.3, 0.4) is 0 Å². The Labute approximate surface area is 179 Å². The van der Waals surface area contributed by atoms with E-state index < -0.39 is 0 Å². The first kappa shape index (κ1) is 23.6. The van der Waals surface area contributed by atoms with E-state index >= 15 is 0 Å². The quantitative estimate of drug-likeness (QED) is 0.306. The van der Waals surface area contributed by atoms with Crippen LogP contribution in [-0.2, 0) is 14.3 Å². The van der Waals surface area contributed by atoms with Gasteiger partial charge in [0.1, 0.15) is 0 Å². The SMILES string of the molecule is COC(=O)CCCCCCCCC(=O)c1[nH]c(/C=C2\NC(=O)C(C)=C2C)c(C)c1C. The van der Waals surface area contributed by atoms with Crippen LogP contribution in [0.5, 0.6) is 0 Å². The minimum atomic E-state index is -0.149. The number of nitrogens with one attached hydrogen (secondary N) is 2. The van der Waals surface area contributed by atoms with Gasteiger partial charge in [-0.15, -0.1) is 0 Å². The Hall–Kier alpha value is -2.63. The summed E-state index contributed by atoms with van der Waals surface area (Å²) < 4.78 is 4.63. The number of ketones is 1. The number of aromatic amines is 1. The highest BCUT2D eigenvalue weighted by Crippen LogP contribution is 2.26. The van der Waals surface area contributed by atoms with Crippen LogP contribution >= 0.6 is 0 Å². The Morgan fingerprint density at radius 1 is 0.867 bits per heavy atom. The van der Waals surface area contributed by atoms with Crippen molar-refractivity contribution in [3.05, 3.63) is 39.4 Å². The van der Waals surface area contributed by atoms with Gasteiger partial charge in [0.2, 0.25) is 0 Å². The molecule has 1 aliphatic heterocycles. The van der Waals surface area contributed by atoms with E-state index in [1.807, 2.05) is 33.8 Å². The van der Waals surface area contributed by atoms with E-state index in [4.69, 9.17) is 0 Å². The molecule has 0 saturated heterocycles. The molecule has 0 atom stereocenters. The predicted molar refractivity (Wildman–Crippen MR) is 118 cm³/mol. The maximum Gasteiger partial charge on any atom is 0.305 e. The molecule has 2 heterocycles. The Morgan fingerprint density at radius 3 is 2.03 bits per heavy atom. The van der Waals surface area contributed by atoms with Crippen molar-refractivity contribution in [2.75, 3.05) is 7.11 Å². The molecule has 30 heavy (non-hydrogen) atoms. The van der Waals surface area contributed by atoms with Gasteiger partial charge in [0.25, 0.3) is 5.91 Å². The van der Waals surface area contributed by atoms with Gasteiger partial charge in [-0.1, -0.05) is 25.7 Å². The van der Waals surface area contributed by atoms with Crippen LogP contribution in [0, 0.1) is 13.8 Å². The van der Waals surface area contributed by atoms with Crippen molar-refractivity contribution in [2.24, 2.45) is 0 Å². The van der Waals surface area contributed by atoms with E-state index in [1.165, 1.54) is 7.11 Å². The number of unbranched alkanes of at least 4 members (excludes halogenated alkanes) is 5. The van der Waals surface area contributed by atoms with Gasteiger partial charge in [0, 0.05) is 29.8 Å². The molecule has 0 bridgehead atoms. The first-order valence-electron chi connectivity index (χ1n) is 10.8. The largest absolute Gasteiger partial charge is 0.469 e. The van der Waals surface area contributed by atoms with E-state index in [2.05, 4.69) is 15.0 Å². The molecule has 0 aromatic carbocycles. The van der Waals surface area contributed by atoms with Gasteiger partial charge >= 0.3 is 5.97 Å². The topological polar surface area (TPSA) is 88.3 Å². The number of hydrogen-bond donors (Lipinski definition) is 2. The fourth-order valence-corrected chi connectivity index (χ4v) is 3.59. The standard InChI is InChI=1S/C24H34N2O4/c1-15-17(3)23(25-19(15)14-20-16(2)18(4)24(29)26-20)21(27)12-10-8-6-7-9-11-13-22(28)30-5/h14,25H,6-13H2,1-5H3,(H,26,29)/b20-14-. The normalized spacial score (nSPS) is 15.1. The molecule has 6 heteroatoms. The van der Waals surface area contributed by atoms with Crippen molar-refractivity contribution in [3.63, 3.8) is 0 Å². The monoisotopic (exact) mass is 414 g/mol. The average molecular weight is 415 g/mol. The summed E-state index contributed by atoms with van der Waals surface area (Å²) in [5.74, 6) is -0.0880. The minimum Gasteiger partial charge on any atom is -0.469 e. The number of allylic oxidation sites excluding steroid dienone is 1. The molecule has 1 aromatic rings. The highest BCUT2D eigenvalue weighted by atomic mass is 16.5. The summed E-state index contributed by atoms with van der Waals surface area (Å²) in [5.41, 5.74) is 5.98. The molecule has 0 radical (unpaired) electrons. The molecule has 0 saturated carbocycles.